The fraction of sp³-hybridized carbons (Fsp3) is 0. The molecule has 0 unspecified atom stereocenters. The van der Waals surface area contributed by atoms with Gasteiger partial charge in [0.15, 0.2) is 0 Å². The van der Waals surface area contributed by atoms with Crippen molar-refractivity contribution in [2.45, 2.75) is 0 Å². The maximum Gasteiger partial charge on any atom is 0.255 e. The molecule has 0 bridgehead atoms. The summed E-state index contributed by atoms with van der Waals surface area (Å²) in [5.74, 6) is -0.255. The number of anilines is 1. The molecular formula is C19H11Cl2N3OS. The minimum atomic E-state index is -0.255. The number of carbonyl (C=O) groups excluding carboxylic acids is 1. The van der Waals surface area contributed by atoms with Gasteiger partial charge in [-0.05, 0) is 36.4 Å². The first-order valence-electron chi connectivity index (χ1n) is 7.67. The number of hydrogen-bond acceptors (Lipinski definition) is 4. The van der Waals surface area contributed by atoms with Gasteiger partial charge in [-0.25, -0.2) is 4.98 Å². The maximum absolute atomic E-state index is 12.4. The molecule has 2 heterocycles. The maximum atomic E-state index is 12.4. The van der Waals surface area contributed by atoms with Gasteiger partial charge in [0.1, 0.15) is 5.01 Å². The van der Waals surface area contributed by atoms with Gasteiger partial charge in [0.05, 0.1) is 20.3 Å². The standard InChI is InChI=1S/C19H11Cl2N3OS/c20-14-5-4-11(9-15(14)21)18(25)23-13-3-1-2-12(8-13)19-24-16-6-7-22-10-17(16)26-19/h1-10H,(H,23,25). The van der Waals surface area contributed by atoms with Gasteiger partial charge >= 0.3 is 0 Å². The lowest BCUT2D eigenvalue weighted by Gasteiger charge is -2.07. The number of fused-ring (bicyclic) bond motifs is 1. The molecule has 128 valence electrons. The van der Waals surface area contributed by atoms with Crippen LogP contribution in [0.3, 0.4) is 0 Å². The minimum Gasteiger partial charge on any atom is -0.322 e. The second-order valence-corrected chi connectivity index (χ2v) is 7.37. The van der Waals surface area contributed by atoms with Crippen molar-refractivity contribution in [3.05, 3.63) is 76.5 Å². The molecule has 0 aliphatic carbocycles. The van der Waals surface area contributed by atoms with Crippen LogP contribution in [0.4, 0.5) is 5.69 Å². The monoisotopic (exact) mass is 399 g/mol. The van der Waals surface area contributed by atoms with Crippen LogP contribution in [0.15, 0.2) is 60.9 Å². The molecule has 2 aromatic heterocycles. The van der Waals surface area contributed by atoms with Crippen LogP contribution in [0.25, 0.3) is 20.8 Å². The lowest BCUT2D eigenvalue weighted by molar-refractivity contribution is 0.102. The highest BCUT2D eigenvalue weighted by Gasteiger charge is 2.11. The molecule has 0 radical (unpaired) electrons. The Bertz CT molecular complexity index is 1090. The summed E-state index contributed by atoms with van der Waals surface area (Å²) in [6.07, 6.45) is 3.52. The highest BCUT2D eigenvalue weighted by atomic mass is 35.5. The third kappa shape index (κ3) is 3.42. The number of benzene rings is 2. The van der Waals surface area contributed by atoms with E-state index < -0.39 is 0 Å². The fourth-order valence-electron chi connectivity index (χ4n) is 2.47. The molecule has 0 fully saturated rings. The number of aromatic nitrogens is 2. The molecule has 0 atom stereocenters. The summed E-state index contributed by atoms with van der Waals surface area (Å²) in [5.41, 5.74) is 2.95. The summed E-state index contributed by atoms with van der Waals surface area (Å²) < 4.78 is 1.02. The summed E-state index contributed by atoms with van der Waals surface area (Å²) in [7, 11) is 0. The molecule has 26 heavy (non-hydrogen) atoms. The van der Waals surface area contributed by atoms with Crippen LogP contribution in [0.1, 0.15) is 10.4 Å². The molecule has 0 aliphatic rings. The summed E-state index contributed by atoms with van der Waals surface area (Å²) in [5, 5.41) is 4.50. The smallest absolute Gasteiger partial charge is 0.255 e. The Morgan fingerprint density at radius 3 is 2.73 bits per heavy atom. The average molecular weight is 400 g/mol. The zero-order valence-corrected chi connectivity index (χ0v) is 15.6. The molecule has 4 aromatic rings. The topological polar surface area (TPSA) is 54.9 Å². The zero-order chi connectivity index (χ0) is 18.1. The quantitative estimate of drug-likeness (QED) is 0.465. The van der Waals surface area contributed by atoms with Gasteiger partial charge in [-0.3, -0.25) is 9.78 Å². The first-order valence-corrected chi connectivity index (χ1v) is 9.25. The average Bonchev–Trinajstić information content (AvgIpc) is 3.08. The van der Waals surface area contributed by atoms with Gasteiger partial charge in [0, 0.05) is 29.2 Å². The number of thiazole rings is 1. The van der Waals surface area contributed by atoms with Crippen LogP contribution in [0, 0.1) is 0 Å². The largest absolute Gasteiger partial charge is 0.322 e. The van der Waals surface area contributed by atoms with Crippen molar-refractivity contribution >= 4 is 56.3 Å². The van der Waals surface area contributed by atoms with E-state index in [1.165, 1.54) is 0 Å². The van der Waals surface area contributed by atoms with Crippen molar-refractivity contribution in [2.24, 2.45) is 0 Å². The van der Waals surface area contributed by atoms with Gasteiger partial charge in [-0.2, -0.15) is 0 Å². The normalized spacial score (nSPS) is 10.8. The number of pyridine rings is 1. The first-order chi connectivity index (χ1) is 12.6. The van der Waals surface area contributed by atoms with E-state index in [-0.39, 0.29) is 5.91 Å². The Morgan fingerprint density at radius 1 is 1.04 bits per heavy atom. The van der Waals surface area contributed by atoms with E-state index in [2.05, 4.69) is 15.3 Å². The van der Waals surface area contributed by atoms with E-state index in [0.717, 1.165) is 20.8 Å². The van der Waals surface area contributed by atoms with Gasteiger partial charge in [0.2, 0.25) is 0 Å². The number of hydrogen-bond donors (Lipinski definition) is 1. The first kappa shape index (κ1) is 17.0. The summed E-state index contributed by atoms with van der Waals surface area (Å²) in [6, 6.07) is 14.2. The molecule has 1 amide bonds. The SMILES string of the molecule is O=C(Nc1cccc(-c2nc3ccncc3s2)c1)c1ccc(Cl)c(Cl)c1. The lowest BCUT2D eigenvalue weighted by atomic mass is 10.2. The number of halogens is 2. The molecule has 0 saturated carbocycles. The molecule has 0 aliphatic heterocycles. The van der Waals surface area contributed by atoms with Crippen molar-refractivity contribution < 1.29 is 4.79 Å². The van der Waals surface area contributed by atoms with Crippen molar-refractivity contribution in [3.8, 4) is 10.6 Å². The number of nitrogens with zero attached hydrogens (tertiary/aromatic N) is 2. The molecular weight excluding hydrogens is 389 g/mol. The second-order valence-electron chi connectivity index (χ2n) is 5.53. The molecule has 1 N–H and O–H groups in total. The van der Waals surface area contributed by atoms with Crippen molar-refractivity contribution in [1.82, 2.24) is 9.97 Å². The Labute approximate surface area is 163 Å². The second kappa shape index (κ2) is 7.03. The van der Waals surface area contributed by atoms with Crippen LogP contribution in [0.5, 0.6) is 0 Å². The lowest BCUT2D eigenvalue weighted by Crippen LogP contribution is -2.11. The Balaban J connectivity index is 1.61. The highest BCUT2D eigenvalue weighted by molar-refractivity contribution is 7.21. The van der Waals surface area contributed by atoms with Crippen molar-refractivity contribution in [1.29, 1.82) is 0 Å². The van der Waals surface area contributed by atoms with Crippen LogP contribution in [-0.2, 0) is 0 Å². The van der Waals surface area contributed by atoms with E-state index in [1.807, 2.05) is 30.3 Å². The van der Waals surface area contributed by atoms with Crippen molar-refractivity contribution in [3.63, 3.8) is 0 Å². The summed E-state index contributed by atoms with van der Waals surface area (Å²) >= 11 is 13.4. The zero-order valence-electron chi connectivity index (χ0n) is 13.2. The highest BCUT2D eigenvalue weighted by Crippen LogP contribution is 2.31. The molecule has 4 nitrogen and oxygen atoms in total. The molecule has 2 aromatic carbocycles. The van der Waals surface area contributed by atoms with E-state index >= 15 is 0 Å². The van der Waals surface area contributed by atoms with E-state index in [0.29, 0.717) is 21.3 Å². The predicted octanol–water partition coefficient (Wildman–Crippen LogP) is 5.92. The van der Waals surface area contributed by atoms with Gasteiger partial charge in [-0.15, -0.1) is 11.3 Å². The summed E-state index contributed by atoms with van der Waals surface area (Å²) in [4.78, 5) is 21.2. The molecule has 0 spiro atoms. The van der Waals surface area contributed by atoms with E-state index in [1.54, 1.807) is 41.9 Å². The molecule has 0 saturated heterocycles. The predicted molar refractivity (Wildman–Crippen MR) is 107 cm³/mol. The third-order valence-corrected chi connectivity index (χ3v) is 5.53. The van der Waals surface area contributed by atoms with Gasteiger partial charge < -0.3 is 5.32 Å². The number of carbonyl (C=O) groups is 1. The Morgan fingerprint density at radius 2 is 1.92 bits per heavy atom. The number of amides is 1. The number of rotatable bonds is 3. The molecule has 7 heteroatoms. The van der Waals surface area contributed by atoms with Crippen LogP contribution < -0.4 is 5.32 Å². The van der Waals surface area contributed by atoms with Crippen LogP contribution in [0.2, 0.25) is 10.0 Å². The Kier molecular flexibility index (Phi) is 4.59. The fourth-order valence-corrected chi connectivity index (χ4v) is 3.70. The molecule has 4 rings (SSSR count). The van der Waals surface area contributed by atoms with Gasteiger partial charge in [-0.1, -0.05) is 35.3 Å². The van der Waals surface area contributed by atoms with E-state index in [9.17, 15) is 4.79 Å². The third-order valence-electron chi connectivity index (χ3n) is 3.74. The van der Waals surface area contributed by atoms with E-state index in [4.69, 9.17) is 23.2 Å². The van der Waals surface area contributed by atoms with Gasteiger partial charge in [0.25, 0.3) is 5.91 Å². The summed E-state index contributed by atoms with van der Waals surface area (Å²) in [6.45, 7) is 0. The van der Waals surface area contributed by atoms with Crippen LogP contribution in [-0.4, -0.2) is 15.9 Å². The number of nitrogens with one attached hydrogen (secondary N) is 1. The minimum absolute atomic E-state index is 0.255. The Hall–Kier alpha value is -2.47. The van der Waals surface area contributed by atoms with Crippen molar-refractivity contribution in [2.75, 3.05) is 5.32 Å². The van der Waals surface area contributed by atoms with Crippen LogP contribution >= 0.6 is 34.5 Å².